The molecule has 0 aliphatic rings. The van der Waals surface area contributed by atoms with E-state index in [2.05, 4.69) is 16.0 Å². The smallest absolute Gasteiger partial charge is 0.335 e. The average Bonchev–Trinajstić information content (AvgIpc) is 2.56. The van der Waals surface area contributed by atoms with Gasteiger partial charge in [-0.25, -0.2) is 4.79 Å². The van der Waals surface area contributed by atoms with E-state index in [0.29, 0.717) is 0 Å². The number of aromatic carboxylic acids is 1. The first-order chi connectivity index (χ1) is 11.0. The molecule has 0 aliphatic heterocycles. The molecule has 0 bridgehead atoms. The van der Waals surface area contributed by atoms with E-state index in [1.54, 1.807) is 12.1 Å². The highest BCUT2D eigenvalue weighted by Gasteiger charge is 2.11. The average molecular weight is 304 g/mol. The van der Waals surface area contributed by atoms with Crippen LogP contribution >= 0.6 is 0 Å². The van der Waals surface area contributed by atoms with Crippen LogP contribution in [0.25, 0.3) is 22.4 Å². The molecule has 1 aromatic carbocycles. The van der Waals surface area contributed by atoms with Crippen molar-refractivity contribution in [3.63, 3.8) is 0 Å². The molecule has 23 heavy (non-hydrogen) atoms. The Kier molecular flexibility index (Phi) is 3.89. The maximum atomic E-state index is 11.0. The van der Waals surface area contributed by atoms with Crippen LogP contribution in [0.3, 0.4) is 0 Å². The summed E-state index contributed by atoms with van der Waals surface area (Å²) in [7, 11) is 0. The van der Waals surface area contributed by atoms with Crippen molar-refractivity contribution in [1.82, 2.24) is 9.97 Å². The van der Waals surface area contributed by atoms with Crippen LogP contribution in [0.4, 0.5) is 0 Å². The minimum absolute atomic E-state index is 0.271. The molecule has 2 heterocycles. The van der Waals surface area contributed by atoms with Gasteiger partial charge in [0.1, 0.15) is 0 Å². The van der Waals surface area contributed by atoms with Gasteiger partial charge in [-0.05, 0) is 55.3 Å². The van der Waals surface area contributed by atoms with Gasteiger partial charge in [-0.1, -0.05) is 12.1 Å². The Morgan fingerprint density at radius 2 is 1.61 bits per heavy atom. The molecule has 0 aliphatic carbocycles. The maximum Gasteiger partial charge on any atom is 0.335 e. The quantitative estimate of drug-likeness (QED) is 0.790. The molecule has 4 heteroatoms. The van der Waals surface area contributed by atoms with Crippen molar-refractivity contribution < 1.29 is 9.90 Å². The lowest BCUT2D eigenvalue weighted by Crippen LogP contribution is -1.96. The van der Waals surface area contributed by atoms with E-state index in [1.807, 2.05) is 50.5 Å². The third kappa shape index (κ3) is 3.11. The second-order valence-corrected chi connectivity index (χ2v) is 5.48. The first kappa shape index (κ1) is 14.9. The first-order valence-corrected chi connectivity index (χ1v) is 7.28. The Balaban J connectivity index is 2.12. The number of hydrogen-bond donors (Lipinski definition) is 1. The monoisotopic (exact) mass is 304 g/mol. The molecule has 0 fully saturated rings. The highest BCUT2D eigenvalue weighted by molar-refractivity contribution is 5.89. The van der Waals surface area contributed by atoms with Gasteiger partial charge in [0.05, 0.1) is 11.3 Å². The number of carbonyl (C=O) groups is 1. The van der Waals surface area contributed by atoms with Crippen molar-refractivity contribution in [2.75, 3.05) is 0 Å². The van der Waals surface area contributed by atoms with Crippen molar-refractivity contribution >= 4 is 5.97 Å². The molecule has 1 N–H and O–H groups in total. The van der Waals surface area contributed by atoms with E-state index >= 15 is 0 Å². The van der Waals surface area contributed by atoms with Gasteiger partial charge in [0, 0.05) is 29.2 Å². The number of pyridine rings is 2. The Morgan fingerprint density at radius 3 is 2.22 bits per heavy atom. The fraction of sp³-hybridized carbons (Fsp3) is 0.105. The van der Waals surface area contributed by atoms with E-state index in [0.717, 1.165) is 33.6 Å². The van der Waals surface area contributed by atoms with Crippen molar-refractivity contribution in [2.24, 2.45) is 0 Å². The number of nitrogens with zero attached hydrogens (tertiary/aromatic N) is 2. The van der Waals surface area contributed by atoms with Crippen LogP contribution in [-0.2, 0) is 0 Å². The lowest BCUT2D eigenvalue weighted by atomic mass is 9.98. The van der Waals surface area contributed by atoms with E-state index < -0.39 is 5.97 Å². The Labute approximate surface area is 134 Å². The van der Waals surface area contributed by atoms with Crippen LogP contribution in [0.15, 0.2) is 54.9 Å². The molecule has 0 saturated heterocycles. The normalized spacial score (nSPS) is 10.5. The fourth-order valence-corrected chi connectivity index (χ4v) is 2.42. The number of hydrogen-bond acceptors (Lipinski definition) is 3. The molecule has 3 rings (SSSR count). The number of aryl methyl sites for hydroxylation is 2. The number of carboxylic acid groups (broad SMARTS) is 1. The van der Waals surface area contributed by atoms with E-state index in [9.17, 15) is 4.79 Å². The van der Waals surface area contributed by atoms with Gasteiger partial charge >= 0.3 is 5.97 Å². The lowest BCUT2D eigenvalue weighted by molar-refractivity contribution is 0.0697. The van der Waals surface area contributed by atoms with E-state index in [-0.39, 0.29) is 5.56 Å². The van der Waals surface area contributed by atoms with Crippen molar-refractivity contribution in [3.05, 3.63) is 71.7 Å². The SMILES string of the molecule is Cc1cnc(-c2ccc(C)nc2)c(-c2ccc(C(=O)O)cc2)c1. The van der Waals surface area contributed by atoms with Crippen LogP contribution in [0.2, 0.25) is 0 Å². The largest absolute Gasteiger partial charge is 0.478 e. The van der Waals surface area contributed by atoms with E-state index in [1.165, 1.54) is 0 Å². The Morgan fingerprint density at radius 1 is 0.913 bits per heavy atom. The first-order valence-electron chi connectivity index (χ1n) is 7.28. The summed E-state index contributed by atoms with van der Waals surface area (Å²) in [5, 5.41) is 9.03. The summed E-state index contributed by atoms with van der Waals surface area (Å²) in [6.07, 6.45) is 3.63. The second kappa shape index (κ2) is 6.01. The van der Waals surface area contributed by atoms with Crippen LogP contribution in [0, 0.1) is 13.8 Å². The third-order valence-electron chi connectivity index (χ3n) is 3.65. The molecule has 0 atom stereocenters. The third-order valence-corrected chi connectivity index (χ3v) is 3.65. The summed E-state index contributed by atoms with van der Waals surface area (Å²) >= 11 is 0. The zero-order chi connectivity index (χ0) is 16.4. The summed E-state index contributed by atoms with van der Waals surface area (Å²) in [6.45, 7) is 3.93. The molecule has 0 unspecified atom stereocenters. The number of benzene rings is 1. The summed E-state index contributed by atoms with van der Waals surface area (Å²) in [6, 6.07) is 12.8. The van der Waals surface area contributed by atoms with Crippen molar-refractivity contribution in [3.8, 4) is 22.4 Å². The maximum absolute atomic E-state index is 11.0. The molecule has 0 amide bonds. The summed E-state index contributed by atoms with van der Waals surface area (Å²) in [5.74, 6) is -0.929. The molecule has 3 aromatic rings. The van der Waals surface area contributed by atoms with Gasteiger partial charge in [0.25, 0.3) is 0 Å². The predicted octanol–water partition coefficient (Wildman–Crippen LogP) is 4.13. The molecule has 0 saturated carbocycles. The van der Waals surface area contributed by atoms with Crippen LogP contribution in [0.5, 0.6) is 0 Å². The van der Waals surface area contributed by atoms with E-state index in [4.69, 9.17) is 5.11 Å². The molecule has 0 spiro atoms. The summed E-state index contributed by atoms with van der Waals surface area (Å²) in [5.41, 5.74) is 5.95. The van der Waals surface area contributed by atoms with Crippen molar-refractivity contribution in [1.29, 1.82) is 0 Å². The zero-order valence-electron chi connectivity index (χ0n) is 12.9. The second-order valence-electron chi connectivity index (χ2n) is 5.48. The van der Waals surface area contributed by atoms with Crippen LogP contribution in [-0.4, -0.2) is 21.0 Å². The predicted molar refractivity (Wildman–Crippen MR) is 89.3 cm³/mol. The van der Waals surface area contributed by atoms with Crippen LogP contribution < -0.4 is 0 Å². The zero-order valence-corrected chi connectivity index (χ0v) is 12.9. The Hall–Kier alpha value is -3.01. The minimum Gasteiger partial charge on any atom is -0.478 e. The van der Waals surface area contributed by atoms with Gasteiger partial charge in [0.2, 0.25) is 0 Å². The summed E-state index contributed by atoms with van der Waals surface area (Å²) < 4.78 is 0. The van der Waals surface area contributed by atoms with Gasteiger partial charge in [-0.3, -0.25) is 9.97 Å². The van der Waals surface area contributed by atoms with Crippen LogP contribution in [0.1, 0.15) is 21.6 Å². The van der Waals surface area contributed by atoms with Gasteiger partial charge in [-0.15, -0.1) is 0 Å². The molecular weight excluding hydrogens is 288 g/mol. The van der Waals surface area contributed by atoms with Gasteiger partial charge in [0.15, 0.2) is 0 Å². The highest BCUT2D eigenvalue weighted by atomic mass is 16.4. The van der Waals surface area contributed by atoms with Crippen molar-refractivity contribution in [2.45, 2.75) is 13.8 Å². The topological polar surface area (TPSA) is 63.1 Å². The Bertz CT molecular complexity index is 854. The summed E-state index contributed by atoms with van der Waals surface area (Å²) in [4.78, 5) is 19.9. The highest BCUT2D eigenvalue weighted by Crippen LogP contribution is 2.31. The van der Waals surface area contributed by atoms with Gasteiger partial charge in [-0.2, -0.15) is 0 Å². The fourth-order valence-electron chi connectivity index (χ4n) is 2.42. The standard InChI is InChI=1S/C19H16N2O2/c1-12-9-17(14-5-7-15(8-6-14)19(22)23)18(21-10-12)16-4-3-13(2)20-11-16/h3-11H,1-2H3,(H,22,23). The number of carboxylic acids is 1. The molecule has 114 valence electrons. The molecule has 4 nitrogen and oxygen atoms in total. The minimum atomic E-state index is -0.929. The number of aromatic nitrogens is 2. The lowest BCUT2D eigenvalue weighted by Gasteiger charge is -2.10. The molecular formula is C19H16N2O2. The molecule has 0 radical (unpaired) electrons. The number of rotatable bonds is 3. The van der Waals surface area contributed by atoms with Gasteiger partial charge < -0.3 is 5.11 Å². The molecule has 2 aromatic heterocycles.